The number of phenols is 1. The van der Waals surface area contributed by atoms with Gasteiger partial charge in [0.1, 0.15) is 0 Å². The number of rotatable bonds is 6. The SMILES string of the molecule is CNC(=O)N1CCc2cc(O)c(OC)cc2C(c2ccc(C(=O)NCCc3cnc[nH]3)cc2)=N1. The van der Waals surface area contributed by atoms with Gasteiger partial charge in [-0.15, -0.1) is 0 Å². The fourth-order valence-electron chi connectivity index (χ4n) is 3.76. The van der Waals surface area contributed by atoms with Gasteiger partial charge < -0.3 is 25.5 Å². The molecule has 1 aliphatic rings. The number of urea groups is 1. The van der Waals surface area contributed by atoms with Gasteiger partial charge in [0.05, 0.1) is 25.7 Å². The molecular weight excluding hydrogens is 436 g/mol. The van der Waals surface area contributed by atoms with Crippen LogP contribution in [-0.2, 0) is 12.8 Å². The van der Waals surface area contributed by atoms with Crippen LogP contribution in [0.5, 0.6) is 11.5 Å². The van der Waals surface area contributed by atoms with Crippen LogP contribution in [0, 0.1) is 0 Å². The van der Waals surface area contributed by atoms with E-state index in [0.717, 1.165) is 22.4 Å². The van der Waals surface area contributed by atoms with E-state index in [-0.39, 0.29) is 17.7 Å². The van der Waals surface area contributed by atoms with Crippen LogP contribution in [0.25, 0.3) is 0 Å². The van der Waals surface area contributed by atoms with E-state index in [0.29, 0.717) is 43.0 Å². The van der Waals surface area contributed by atoms with Crippen molar-refractivity contribution >= 4 is 17.6 Å². The van der Waals surface area contributed by atoms with E-state index >= 15 is 0 Å². The molecule has 4 rings (SSSR count). The number of hydrazone groups is 1. The van der Waals surface area contributed by atoms with Gasteiger partial charge in [-0.05, 0) is 36.2 Å². The molecule has 0 radical (unpaired) electrons. The van der Waals surface area contributed by atoms with Gasteiger partial charge in [-0.2, -0.15) is 5.10 Å². The minimum absolute atomic E-state index is 0.0242. The molecule has 0 unspecified atom stereocenters. The number of ether oxygens (including phenoxy) is 1. The number of fused-ring (bicyclic) bond motifs is 1. The summed E-state index contributed by atoms with van der Waals surface area (Å²) in [7, 11) is 3.02. The molecule has 0 saturated heterocycles. The standard InChI is InChI=1S/C24H26N6O4/c1-25-24(33)30-10-8-17-11-20(31)21(34-2)12-19(17)22(29-30)15-3-5-16(6-4-15)23(32)27-9-7-18-13-26-14-28-18/h3-6,11-14,31H,7-10H2,1-2H3,(H,25,33)(H,26,28)(H,27,32). The Morgan fingerprint density at radius 2 is 2.03 bits per heavy atom. The van der Waals surface area contributed by atoms with Gasteiger partial charge in [0, 0.05) is 48.6 Å². The lowest BCUT2D eigenvalue weighted by atomic mass is 9.95. The van der Waals surface area contributed by atoms with Crippen LogP contribution < -0.4 is 15.4 Å². The van der Waals surface area contributed by atoms with E-state index in [1.54, 1.807) is 56.0 Å². The highest BCUT2D eigenvalue weighted by molar-refractivity contribution is 6.14. The van der Waals surface area contributed by atoms with Gasteiger partial charge >= 0.3 is 6.03 Å². The van der Waals surface area contributed by atoms with Gasteiger partial charge in [-0.3, -0.25) is 4.79 Å². The van der Waals surface area contributed by atoms with Crippen molar-refractivity contribution in [2.75, 3.05) is 27.2 Å². The van der Waals surface area contributed by atoms with Crippen LogP contribution in [0.4, 0.5) is 4.79 Å². The number of methoxy groups -OCH3 is 1. The number of hydrogen-bond donors (Lipinski definition) is 4. The summed E-state index contributed by atoms with van der Waals surface area (Å²) in [5, 5.41) is 21.7. The number of aromatic nitrogens is 2. The lowest BCUT2D eigenvalue weighted by Gasteiger charge is -2.16. The fourth-order valence-corrected chi connectivity index (χ4v) is 3.76. The highest BCUT2D eigenvalue weighted by atomic mass is 16.5. The lowest BCUT2D eigenvalue weighted by Crippen LogP contribution is -2.35. The maximum absolute atomic E-state index is 12.5. The highest BCUT2D eigenvalue weighted by Crippen LogP contribution is 2.32. The Morgan fingerprint density at radius 1 is 1.24 bits per heavy atom. The van der Waals surface area contributed by atoms with Crippen molar-refractivity contribution in [1.82, 2.24) is 25.6 Å². The number of H-pyrrole nitrogens is 1. The van der Waals surface area contributed by atoms with Gasteiger partial charge in [-0.25, -0.2) is 14.8 Å². The Balaban J connectivity index is 1.60. The molecule has 10 heteroatoms. The Hall–Kier alpha value is -4.34. The molecule has 0 spiro atoms. The summed E-state index contributed by atoms with van der Waals surface area (Å²) in [6.45, 7) is 0.825. The summed E-state index contributed by atoms with van der Waals surface area (Å²) < 4.78 is 5.29. The maximum atomic E-state index is 12.5. The van der Waals surface area contributed by atoms with Gasteiger partial charge in [0.2, 0.25) is 0 Å². The highest BCUT2D eigenvalue weighted by Gasteiger charge is 2.23. The van der Waals surface area contributed by atoms with Crippen molar-refractivity contribution in [2.45, 2.75) is 12.8 Å². The molecule has 2 heterocycles. The maximum Gasteiger partial charge on any atom is 0.337 e. The van der Waals surface area contributed by atoms with E-state index in [1.807, 2.05) is 0 Å². The zero-order valence-electron chi connectivity index (χ0n) is 19.0. The third-order valence-electron chi connectivity index (χ3n) is 5.58. The van der Waals surface area contributed by atoms with Crippen LogP contribution in [0.3, 0.4) is 0 Å². The molecule has 0 fully saturated rings. The van der Waals surface area contributed by atoms with E-state index in [2.05, 4.69) is 25.7 Å². The second-order valence-corrected chi connectivity index (χ2v) is 7.72. The molecular formula is C24H26N6O4. The van der Waals surface area contributed by atoms with Crippen molar-refractivity contribution in [3.05, 3.63) is 76.9 Å². The van der Waals surface area contributed by atoms with Crippen LogP contribution in [-0.4, -0.2) is 65.0 Å². The number of benzene rings is 2. The van der Waals surface area contributed by atoms with Crippen LogP contribution in [0.2, 0.25) is 0 Å². The molecule has 1 aromatic heterocycles. The number of amides is 3. The average molecular weight is 463 g/mol. The summed E-state index contributed by atoms with van der Waals surface area (Å²) in [6, 6.07) is 10.0. The minimum atomic E-state index is -0.338. The molecule has 0 atom stereocenters. The smallest absolute Gasteiger partial charge is 0.337 e. The number of nitrogens with one attached hydrogen (secondary N) is 3. The Labute approximate surface area is 196 Å². The predicted molar refractivity (Wildman–Crippen MR) is 126 cm³/mol. The van der Waals surface area contributed by atoms with E-state index in [4.69, 9.17) is 4.74 Å². The van der Waals surface area contributed by atoms with Crippen molar-refractivity contribution < 1.29 is 19.4 Å². The largest absolute Gasteiger partial charge is 0.504 e. The summed E-state index contributed by atoms with van der Waals surface area (Å²) in [5.74, 6) is 0.150. The van der Waals surface area contributed by atoms with Crippen molar-refractivity contribution in [1.29, 1.82) is 0 Å². The number of aromatic hydroxyl groups is 1. The van der Waals surface area contributed by atoms with Gasteiger partial charge in [0.15, 0.2) is 11.5 Å². The van der Waals surface area contributed by atoms with Gasteiger partial charge in [-0.1, -0.05) is 12.1 Å². The minimum Gasteiger partial charge on any atom is -0.504 e. The molecule has 0 aliphatic carbocycles. The topological polar surface area (TPSA) is 132 Å². The number of nitrogens with zero attached hydrogens (tertiary/aromatic N) is 3. The normalized spacial score (nSPS) is 12.9. The summed E-state index contributed by atoms with van der Waals surface area (Å²) >= 11 is 0. The Morgan fingerprint density at radius 3 is 2.71 bits per heavy atom. The third kappa shape index (κ3) is 4.85. The summed E-state index contributed by atoms with van der Waals surface area (Å²) in [4.78, 5) is 31.8. The van der Waals surface area contributed by atoms with Crippen molar-refractivity contribution in [3.8, 4) is 11.5 Å². The van der Waals surface area contributed by atoms with Crippen molar-refractivity contribution in [2.24, 2.45) is 5.10 Å². The third-order valence-corrected chi connectivity index (χ3v) is 5.58. The van der Waals surface area contributed by atoms with E-state index < -0.39 is 0 Å². The molecule has 4 N–H and O–H groups in total. The Kier molecular flexibility index (Phi) is 6.77. The first-order valence-corrected chi connectivity index (χ1v) is 10.8. The lowest BCUT2D eigenvalue weighted by molar-refractivity contribution is 0.0954. The quantitative estimate of drug-likeness (QED) is 0.445. The number of carbonyl (C=O) groups excluding carboxylic acids is 2. The Bertz CT molecular complexity index is 1200. The number of carbonyl (C=O) groups is 2. The average Bonchev–Trinajstić information content (AvgIpc) is 3.30. The number of hydrogen-bond acceptors (Lipinski definition) is 6. The molecule has 0 bridgehead atoms. The first-order chi connectivity index (χ1) is 16.5. The summed E-state index contributed by atoms with van der Waals surface area (Å²) in [6.07, 6.45) is 4.49. The predicted octanol–water partition coefficient (Wildman–Crippen LogP) is 2.05. The second kappa shape index (κ2) is 10.1. The monoisotopic (exact) mass is 462 g/mol. The molecule has 1 aliphatic heterocycles. The molecule has 176 valence electrons. The molecule has 3 aromatic rings. The number of imidazole rings is 1. The van der Waals surface area contributed by atoms with E-state index in [1.165, 1.54) is 12.1 Å². The van der Waals surface area contributed by atoms with Crippen LogP contribution >= 0.6 is 0 Å². The summed E-state index contributed by atoms with van der Waals surface area (Å²) in [5.41, 5.74) is 4.30. The molecule has 10 nitrogen and oxygen atoms in total. The second-order valence-electron chi connectivity index (χ2n) is 7.72. The van der Waals surface area contributed by atoms with Crippen LogP contribution in [0.1, 0.15) is 32.7 Å². The zero-order chi connectivity index (χ0) is 24.1. The molecule has 2 aromatic carbocycles. The van der Waals surface area contributed by atoms with Gasteiger partial charge in [0.25, 0.3) is 5.91 Å². The van der Waals surface area contributed by atoms with E-state index in [9.17, 15) is 14.7 Å². The number of aromatic amines is 1. The molecule has 0 saturated carbocycles. The molecule has 3 amide bonds. The van der Waals surface area contributed by atoms with Crippen LogP contribution in [0.15, 0.2) is 54.0 Å². The zero-order valence-corrected chi connectivity index (χ0v) is 19.0. The first kappa shape index (κ1) is 22.8. The van der Waals surface area contributed by atoms with Crippen molar-refractivity contribution in [3.63, 3.8) is 0 Å². The molecule has 34 heavy (non-hydrogen) atoms. The number of phenolic OH excluding ortho intramolecular Hbond substituents is 1. The fraction of sp³-hybridized carbons (Fsp3) is 0.250. The first-order valence-electron chi connectivity index (χ1n) is 10.8.